The third kappa shape index (κ3) is 2.31. The van der Waals surface area contributed by atoms with Gasteiger partial charge in [-0.15, -0.1) is 11.3 Å². The predicted octanol–water partition coefficient (Wildman–Crippen LogP) is 4.55. The second-order valence-corrected chi connectivity index (χ2v) is 6.17. The minimum absolute atomic E-state index is 0.0985. The lowest BCUT2D eigenvalue weighted by Crippen LogP contribution is -2.10. The molecule has 0 aliphatic rings. The van der Waals surface area contributed by atoms with E-state index in [2.05, 4.69) is 12.1 Å². The van der Waals surface area contributed by atoms with Gasteiger partial charge >= 0.3 is 0 Å². The number of nitrogens with zero attached hydrogens (tertiary/aromatic N) is 1. The molecule has 96 valence electrons. The first kappa shape index (κ1) is 12.5. The summed E-state index contributed by atoms with van der Waals surface area (Å²) in [5.74, 6) is 0.0985. The molecule has 3 rings (SSSR count). The number of hydrogen-bond donors (Lipinski definition) is 0. The Hall–Kier alpha value is -1.58. The number of fused-ring (bicyclic) bond motifs is 1. The summed E-state index contributed by atoms with van der Waals surface area (Å²) in [4.78, 5) is 13.0. The van der Waals surface area contributed by atoms with E-state index >= 15 is 0 Å². The molecule has 0 amide bonds. The average Bonchev–Trinajstić information content (AvgIpc) is 2.95. The molecule has 4 heteroatoms. The minimum atomic E-state index is 0.0985. The van der Waals surface area contributed by atoms with E-state index in [-0.39, 0.29) is 5.78 Å². The monoisotopic (exact) mass is 289 g/mol. The highest BCUT2D eigenvalue weighted by molar-refractivity contribution is 7.18. The number of aromatic nitrogens is 1. The first-order valence-corrected chi connectivity index (χ1v) is 7.18. The van der Waals surface area contributed by atoms with Crippen LogP contribution in [0.2, 0.25) is 4.34 Å². The molecule has 0 saturated heterocycles. The van der Waals surface area contributed by atoms with Gasteiger partial charge in [-0.2, -0.15) is 0 Å². The number of Topliss-reactive ketones (excluding diaryl/α,β-unsaturated/α-hetero) is 1. The number of halogens is 1. The minimum Gasteiger partial charge on any atom is -0.337 e. The quantitative estimate of drug-likeness (QED) is 0.649. The number of benzene rings is 1. The normalized spacial score (nSPS) is 11.1. The number of carbonyl (C=O) groups excluding carboxylic acids is 1. The molecule has 19 heavy (non-hydrogen) atoms. The Kier molecular flexibility index (Phi) is 3.17. The Morgan fingerprint density at radius 3 is 2.79 bits per heavy atom. The van der Waals surface area contributed by atoms with Crippen LogP contribution in [0, 0.1) is 6.92 Å². The van der Waals surface area contributed by atoms with E-state index in [0.29, 0.717) is 15.8 Å². The second-order valence-electron chi connectivity index (χ2n) is 4.46. The van der Waals surface area contributed by atoms with Gasteiger partial charge in [-0.1, -0.05) is 29.8 Å². The molecule has 2 aromatic heterocycles. The zero-order valence-electron chi connectivity index (χ0n) is 10.4. The first-order chi connectivity index (χ1) is 9.15. The lowest BCUT2D eigenvalue weighted by Gasteiger charge is -2.06. The largest absolute Gasteiger partial charge is 0.337 e. The lowest BCUT2D eigenvalue weighted by atomic mass is 10.2. The molecule has 0 atom stereocenters. The zero-order valence-corrected chi connectivity index (χ0v) is 12.0. The SMILES string of the molecule is Cc1cc2ccccc2n1CC(=O)c1ccc(Cl)s1. The number of rotatable bonds is 3. The Morgan fingerprint density at radius 1 is 1.26 bits per heavy atom. The van der Waals surface area contributed by atoms with E-state index in [1.165, 1.54) is 11.3 Å². The fourth-order valence-corrected chi connectivity index (χ4v) is 3.22. The number of hydrogen-bond acceptors (Lipinski definition) is 2. The number of carbonyl (C=O) groups is 1. The summed E-state index contributed by atoms with van der Waals surface area (Å²) < 4.78 is 2.70. The standard InChI is InChI=1S/C15H12ClNOS/c1-10-8-11-4-2-3-5-12(11)17(10)9-13(18)14-6-7-15(16)19-14/h2-8H,9H2,1H3. The van der Waals surface area contributed by atoms with Crippen LogP contribution in [0.4, 0.5) is 0 Å². The molecule has 0 spiro atoms. The fraction of sp³-hybridized carbons (Fsp3) is 0.133. The molecule has 2 nitrogen and oxygen atoms in total. The van der Waals surface area contributed by atoms with E-state index in [0.717, 1.165) is 16.6 Å². The molecule has 0 fully saturated rings. The van der Waals surface area contributed by atoms with Gasteiger partial charge in [0.05, 0.1) is 15.8 Å². The van der Waals surface area contributed by atoms with Gasteiger partial charge in [0.15, 0.2) is 5.78 Å². The molecule has 2 heterocycles. The maximum absolute atomic E-state index is 12.3. The van der Waals surface area contributed by atoms with Crippen LogP contribution in [0.5, 0.6) is 0 Å². The van der Waals surface area contributed by atoms with Gasteiger partial charge < -0.3 is 4.57 Å². The average molecular weight is 290 g/mol. The van der Waals surface area contributed by atoms with Gasteiger partial charge in [0.25, 0.3) is 0 Å². The van der Waals surface area contributed by atoms with Crippen LogP contribution in [0.3, 0.4) is 0 Å². The molecule has 0 unspecified atom stereocenters. The highest BCUT2D eigenvalue weighted by atomic mass is 35.5. The summed E-state index contributed by atoms with van der Waals surface area (Å²) >= 11 is 7.20. The highest BCUT2D eigenvalue weighted by Gasteiger charge is 2.12. The smallest absolute Gasteiger partial charge is 0.192 e. The number of aryl methyl sites for hydroxylation is 1. The van der Waals surface area contributed by atoms with E-state index in [1.54, 1.807) is 12.1 Å². The predicted molar refractivity (Wildman–Crippen MR) is 80.3 cm³/mol. The Bertz CT molecular complexity index is 756. The molecule has 0 bridgehead atoms. The van der Waals surface area contributed by atoms with Crippen molar-refractivity contribution in [2.45, 2.75) is 13.5 Å². The Morgan fingerprint density at radius 2 is 2.05 bits per heavy atom. The van der Waals surface area contributed by atoms with Crippen molar-refractivity contribution in [1.82, 2.24) is 4.57 Å². The van der Waals surface area contributed by atoms with E-state index in [4.69, 9.17) is 11.6 Å². The molecule has 1 aromatic carbocycles. The van der Waals surface area contributed by atoms with E-state index in [1.807, 2.05) is 29.7 Å². The molecule has 0 aliphatic carbocycles. The van der Waals surface area contributed by atoms with Crippen LogP contribution in [-0.2, 0) is 6.54 Å². The first-order valence-electron chi connectivity index (χ1n) is 5.98. The van der Waals surface area contributed by atoms with Gasteiger partial charge in [0.1, 0.15) is 0 Å². The van der Waals surface area contributed by atoms with Crippen molar-refractivity contribution in [3.63, 3.8) is 0 Å². The van der Waals surface area contributed by atoms with Gasteiger partial charge in [-0.3, -0.25) is 4.79 Å². The second kappa shape index (κ2) is 4.83. The maximum Gasteiger partial charge on any atom is 0.192 e. The Labute approximate surface area is 120 Å². The maximum atomic E-state index is 12.3. The van der Waals surface area contributed by atoms with Crippen molar-refractivity contribution in [3.8, 4) is 0 Å². The van der Waals surface area contributed by atoms with Gasteiger partial charge in [0.2, 0.25) is 0 Å². The fourth-order valence-electron chi connectivity index (χ4n) is 2.24. The van der Waals surface area contributed by atoms with Crippen LogP contribution in [-0.4, -0.2) is 10.4 Å². The summed E-state index contributed by atoms with van der Waals surface area (Å²) in [5.41, 5.74) is 2.19. The number of thiophene rings is 1. The van der Waals surface area contributed by atoms with E-state index < -0.39 is 0 Å². The van der Waals surface area contributed by atoms with Crippen molar-refractivity contribution in [1.29, 1.82) is 0 Å². The lowest BCUT2D eigenvalue weighted by molar-refractivity contribution is 0.0977. The van der Waals surface area contributed by atoms with Crippen LogP contribution >= 0.6 is 22.9 Å². The topological polar surface area (TPSA) is 22.0 Å². The molecule has 0 radical (unpaired) electrons. The molecule has 3 aromatic rings. The molecule has 0 N–H and O–H groups in total. The van der Waals surface area contributed by atoms with Crippen molar-refractivity contribution in [2.24, 2.45) is 0 Å². The van der Waals surface area contributed by atoms with Crippen molar-refractivity contribution in [3.05, 3.63) is 57.4 Å². The molecule has 0 aliphatic heterocycles. The van der Waals surface area contributed by atoms with Crippen LogP contribution < -0.4 is 0 Å². The van der Waals surface area contributed by atoms with E-state index in [9.17, 15) is 4.79 Å². The van der Waals surface area contributed by atoms with Crippen LogP contribution in [0.15, 0.2) is 42.5 Å². The summed E-state index contributed by atoms with van der Waals surface area (Å²) in [5, 5.41) is 1.16. The number of ketones is 1. The van der Waals surface area contributed by atoms with Crippen molar-refractivity contribution >= 4 is 39.6 Å². The van der Waals surface area contributed by atoms with Crippen molar-refractivity contribution in [2.75, 3.05) is 0 Å². The molecular formula is C15H12ClNOS. The van der Waals surface area contributed by atoms with Gasteiger partial charge in [0, 0.05) is 11.2 Å². The third-order valence-corrected chi connectivity index (χ3v) is 4.44. The Balaban J connectivity index is 1.97. The number of para-hydroxylation sites is 1. The summed E-state index contributed by atoms with van der Waals surface area (Å²) in [7, 11) is 0. The summed E-state index contributed by atoms with van der Waals surface area (Å²) in [6.07, 6.45) is 0. The van der Waals surface area contributed by atoms with Crippen molar-refractivity contribution < 1.29 is 4.79 Å². The summed E-state index contributed by atoms with van der Waals surface area (Å²) in [6.45, 7) is 2.38. The molecular weight excluding hydrogens is 278 g/mol. The molecule has 0 saturated carbocycles. The zero-order chi connectivity index (χ0) is 13.4. The van der Waals surface area contributed by atoms with Gasteiger partial charge in [-0.25, -0.2) is 0 Å². The summed E-state index contributed by atoms with van der Waals surface area (Å²) in [6, 6.07) is 13.8. The van der Waals surface area contributed by atoms with Crippen LogP contribution in [0.1, 0.15) is 15.4 Å². The highest BCUT2D eigenvalue weighted by Crippen LogP contribution is 2.24. The van der Waals surface area contributed by atoms with Gasteiger partial charge in [-0.05, 0) is 36.6 Å². The van der Waals surface area contributed by atoms with Crippen LogP contribution in [0.25, 0.3) is 10.9 Å². The third-order valence-electron chi connectivity index (χ3n) is 3.17.